The van der Waals surface area contributed by atoms with E-state index in [1.165, 1.54) is 0 Å². The number of hydrogen-bond acceptors (Lipinski definition) is 5. The molecule has 0 heterocycles. The Morgan fingerprint density at radius 1 is 0.846 bits per heavy atom. The van der Waals surface area contributed by atoms with Gasteiger partial charge in [0.15, 0.2) is 0 Å². The van der Waals surface area contributed by atoms with Crippen molar-refractivity contribution in [3.05, 3.63) is 71.8 Å². The molecular formula is C29H37F2N3O5. The van der Waals surface area contributed by atoms with E-state index in [4.69, 9.17) is 4.74 Å². The van der Waals surface area contributed by atoms with E-state index in [1.54, 1.807) is 82.3 Å². The van der Waals surface area contributed by atoms with Gasteiger partial charge >= 0.3 is 12.0 Å². The second-order valence-electron chi connectivity index (χ2n) is 10.1. The van der Waals surface area contributed by atoms with Crippen LogP contribution >= 0.6 is 0 Å². The molecule has 0 fully saturated rings. The van der Waals surface area contributed by atoms with Crippen LogP contribution in [0.15, 0.2) is 60.7 Å². The smallest absolute Gasteiger partial charge is 0.408 e. The number of nitrogens with one attached hydrogen (secondary N) is 3. The Balaban J connectivity index is 2.14. The molecule has 0 saturated heterocycles. The molecule has 8 nitrogen and oxygen atoms in total. The number of Topliss-reactive ketones (excluding diaryl/α,β-unsaturated/α-hetero) is 1. The highest BCUT2D eigenvalue weighted by atomic mass is 19.3. The molecule has 10 heteroatoms. The van der Waals surface area contributed by atoms with Gasteiger partial charge in [0.1, 0.15) is 12.6 Å². The zero-order chi connectivity index (χ0) is 29.0. The number of carbonyl (C=O) groups excluding carboxylic acids is 4. The first kappa shape index (κ1) is 31.4. The van der Waals surface area contributed by atoms with Crippen molar-refractivity contribution in [2.75, 3.05) is 6.54 Å². The number of alkyl halides is 2. The van der Waals surface area contributed by atoms with Gasteiger partial charge in [0.05, 0.1) is 12.6 Å². The molecule has 2 aromatic carbocycles. The number of carbonyl (C=O) groups is 4. The van der Waals surface area contributed by atoms with E-state index in [0.29, 0.717) is 5.56 Å². The third-order valence-corrected chi connectivity index (χ3v) is 5.81. The van der Waals surface area contributed by atoms with Crippen molar-refractivity contribution in [3.63, 3.8) is 0 Å². The Kier molecular flexibility index (Phi) is 12.0. The van der Waals surface area contributed by atoms with E-state index in [9.17, 15) is 28.0 Å². The van der Waals surface area contributed by atoms with Crippen LogP contribution in [0.5, 0.6) is 0 Å². The van der Waals surface area contributed by atoms with Crippen molar-refractivity contribution in [1.82, 2.24) is 16.0 Å². The van der Waals surface area contributed by atoms with Crippen LogP contribution in [0.2, 0.25) is 0 Å². The zero-order valence-electron chi connectivity index (χ0n) is 22.7. The Morgan fingerprint density at radius 3 is 1.95 bits per heavy atom. The Bertz CT molecular complexity index is 1090. The van der Waals surface area contributed by atoms with E-state index >= 15 is 0 Å². The fraction of sp³-hybridized carbons (Fsp3) is 0.448. The Morgan fingerprint density at radius 2 is 1.41 bits per heavy atom. The van der Waals surface area contributed by atoms with Gasteiger partial charge < -0.3 is 20.7 Å². The number of rotatable bonds is 14. The maximum Gasteiger partial charge on any atom is 0.408 e. The van der Waals surface area contributed by atoms with Crippen LogP contribution in [0.1, 0.15) is 45.2 Å². The van der Waals surface area contributed by atoms with Crippen LogP contribution in [0.25, 0.3) is 0 Å². The quantitative estimate of drug-likeness (QED) is 0.332. The number of benzene rings is 2. The average molecular weight is 546 g/mol. The van der Waals surface area contributed by atoms with Crippen molar-refractivity contribution in [2.24, 2.45) is 11.8 Å². The SMILES string of the molecule is CC(C)CC(=O)NCC(F)(F)C(=O)[C@H](Cc1ccccc1)NC(=O)[C@@H](NC(=O)OCc1ccccc1)C(C)C. The Labute approximate surface area is 227 Å². The number of halogens is 2. The fourth-order valence-corrected chi connectivity index (χ4v) is 3.74. The second-order valence-corrected chi connectivity index (χ2v) is 10.1. The third kappa shape index (κ3) is 10.8. The lowest BCUT2D eigenvalue weighted by molar-refractivity contribution is -0.147. The average Bonchev–Trinajstić information content (AvgIpc) is 2.89. The van der Waals surface area contributed by atoms with Gasteiger partial charge in [-0.1, -0.05) is 88.4 Å². The standard InChI is InChI=1S/C29H37F2N3O5/c1-19(2)15-24(35)32-18-29(30,31)26(36)23(16-21-11-7-5-8-12-21)33-27(37)25(20(3)4)34-28(38)39-17-22-13-9-6-10-14-22/h5-14,19-20,23,25H,15-18H2,1-4H3,(H,32,35)(H,33,37)(H,34,38)/t23-,25-/m0/s1. The van der Waals surface area contributed by atoms with Gasteiger partial charge in [-0.15, -0.1) is 0 Å². The number of hydrogen-bond donors (Lipinski definition) is 3. The third-order valence-electron chi connectivity index (χ3n) is 5.81. The summed E-state index contributed by atoms with van der Waals surface area (Å²) in [7, 11) is 0. The molecule has 0 saturated carbocycles. The predicted molar refractivity (Wildman–Crippen MR) is 143 cm³/mol. The van der Waals surface area contributed by atoms with Crippen molar-refractivity contribution in [2.45, 2.75) is 65.1 Å². The highest BCUT2D eigenvalue weighted by Gasteiger charge is 2.44. The van der Waals surface area contributed by atoms with Crippen molar-refractivity contribution in [3.8, 4) is 0 Å². The Hall–Kier alpha value is -3.82. The van der Waals surface area contributed by atoms with Crippen molar-refractivity contribution >= 4 is 23.7 Å². The molecule has 0 aromatic heterocycles. The van der Waals surface area contributed by atoms with Gasteiger partial charge in [0.25, 0.3) is 0 Å². The minimum atomic E-state index is -3.94. The molecule has 0 bridgehead atoms. The first-order chi connectivity index (χ1) is 18.4. The van der Waals surface area contributed by atoms with Crippen LogP contribution in [-0.4, -0.2) is 48.2 Å². The first-order valence-electron chi connectivity index (χ1n) is 12.9. The molecule has 2 atom stereocenters. The summed E-state index contributed by atoms with van der Waals surface area (Å²) < 4.78 is 35.1. The lowest BCUT2D eigenvalue weighted by Gasteiger charge is -2.27. The molecule has 0 spiro atoms. The van der Waals surface area contributed by atoms with Crippen LogP contribution < -0.4 is 16.0 Å². The van der Waals surface area contributed by atoms with Gasteiger partial charge in [-0.05, 0) is 29.4 Å². The molecule has 212 valence electrons. The molecule has 0 aliphatic heterocycles. The maximum atomic E-state index is 14.9. The van der Waals surface area contributed by atoms with E-state index in [0.717, 1.165) is 5.56 Å². The number of alkyl carbamates (subject to hydrolysis) is 1. The van der Waals surface area contributed by atoms with Gasteiger partial charge in [-0.2, -0.15) is 8.78 Å². The first-order valence-corrected chi connectivity index (χ1v) is 12.9. The summed E-state index contributed by atoms with van der Waals surface area (Å²) in [5, 5.41) is 6.97. The van der Waals surface area contributed by atoms with E-state index in [-0.39, 0.29) is 25.4 Å². The summed E-state index contributed by atoms with van der Waals surface area (Å²) in [6, 6.07) is 14.6. The summed E-state index contributed by atoms with van der Waals surface area (Å²) in [5.74, 6) is -7.38. The van der Waals surface area contributed by atoms with E-state index in [2.05, 4.69) is 16.0 Å². The van der Waals surface area contributed by atoms with E-state index < -0.39 is 54.2 Å². The van der Waals surface area contributed by atoms with Crippen LogP contribution in [0.3, 0.4) is 0 Å². The number of ketones is 1. The minimum Gasteiger partial charge on any atom is -0.445 e. The summed E-state index contributed by atoms with van der Waals surface area (Å²) in [5.41, 5.74) is 1.29. The van der Waals surface area contributed by atoms with Gasteiger partial charge in [-0.25, -0.2) is 4.79 Å². The normalized spacial score (nSPS) is 12.9. The highest BCUT2D eigenvalue weighted by molar-refractivity contribution is 5.96. The molecule has 0 radical (unpaired) electrons. The summed E-state index contributed by atoms with van der Waals surface area (Å²) in [6.45, 7) is 5.65. The molecule has 2 aromatic rings. The van der Waals surface area contributed by atoms with Crippen molar-refractivity contribution < 1.29 is 32.7 Å². The summed E-state index contributed by atoms with van der Waals surface area (Å²) in [6.07, 6.45) is -1.03. The van der Waals surface area contributed by atoms with Gasteiger partial charge in [0.2, 0.25) is 17.6 Å². The number of amides is 3. The van der Waals surface area contributed by atoms with Gasteiger partial charge in [-0.3, -0.25) is 14.4 Å². The molecule has 39 heavy (non-hydrogen) atoms. The fourth-order valence-electron chi connectivity index (χ4n) is 3.74. The zero-order valence-corrected chi connectivity index (χ0v) is 22.7. The largest absolute Gasteiger partial charge is 0.445 e. The minimum absolute atomic E-state index is 0.0248. The monoisotopic (exact) mass is 545 g/mol. The molecule has 3 amide bonds. The second kappa shape index (κ2) is 14.9. The predicted octanol–water partition coefficient (Wildman–Crippen LogP) is 4.03. The molecule has 0 unspecified atom stereocenters. The molecule has 0 aliphatic rings. The highest BCUT2D eigenvalue weighted by Crippen LogP contribution is 2.19. The van der Waals surface area contributed by atoms with Gasteiger partial charge in [0, 0.05) is 6.42 Å². The lowest BCUT2D eigenvalue weighted by atomic mass is 9.96. The topological polar surface area (TPSA) is 114 Å². The summed E-state index contributed by atoms with van der Waals surface area (Å²) in [4.78, 5) is 50.4. The molecule has 3 N–H and O–H groups in total. The molecule has 0 aliphatic carbocycles. The maximum absolute atomic E-state index is 14.9. The number of ether oxygens (including phenoxy) is 1. The van der Waals surface area contributed by atoms with E-state index in [1.807, 2.05) is 6.07 Å². The molecule has 2 rings (SSSR count). The van der Waals surface area contributed by atoms with Crippen LogP contribution in [-0.2, 0) is 32.1 Å². The lowest BCUT2D eigenvalue weighted by Crippen LogP contribution is -2.58. The summed E-state index contributed by atoms with van der Waals surface area (Å²) >= 11 is 0. The molecular weight excluding hydrogens is 508 g/mol. The van der Waals surface area contributed by atoms with Crippen LogP contribution in [0.4, 0.5) is 13.6 Å². The van der Waals surface area contributed by atoms with Crippen molar-refractivity contribution in [1.29, 1.82) is 0 Å². The van der Waals surface area contributed by atoms with Crippen LogP contribution in [0, 0.1) is 11.8 Å².